The van der Waals surface area contributed by atoms with E-state index in [1.807, 2.05) is 24.3 Å². The van der Waals surface area contributed by atoms with Crippen molar-refractivity contribution >= 4 is 35.2 Å². The van der Waals surface area contributed by atoms with Gasteiger partial charge in [0.15, 0.2) is 0 Å². The van der Waals surface area contributed by atoms with Crippen molar-refractivity contribution in [2.24, 2.45) is 10.2 Å². The number of halogens is 1. The highest BCUT2D eigenvalue weighted by molar-refractivity contribution is 5.85. The topological polar surface area (TPSA) is 86.0 Å². The van der Waals surface area contributed by atoms with E-state index in [0.29, 0.717) is 17.1 Å². The maximum absolute atomic E-state index is 5.78. The third-order valence-corrected chi connectivity index (χ3v) is 2.40. The Bertz CT molecular complexity index is 569. The van der Waals surface area contributed by atoms with E-state index in [2.05, 4.69) is 10.2 Å². The molecule has 5 nitrogen and oxygen atoms in total. The van der Waals surface area contributed by atoms with Gasteiger partial charge < -0.3 is 16.2 Å². The van der Waals surface area contributed by atoms with Crippen molar-refractivity contribution in [3.8, 4) is 5.75 Å². The number of nitrogen functional groups attached to an aromatic ring is 2. The summed E-state index contributed by atoms with van der Waals surface area (Å²) in [5.41, 5.74) is 13.8. The fraction of sp³-hybridized carbons (Fsp3) is 0.0769. The zero-order valence-corrected chi connectivity index (χ0v) is 11.2. The SMILES string of the molecule is COc1ccc(N=Nc2ccc(N)cc2N)cc1.Cl. The van der Waals surface area contributed by atoms with Crippen molar-refractivity contribution in [3.63, 3.8) is 0 Å². The Morgan fingerprint density at radius 1 is 0.947 bits per heavy atom. The van der Waals surface area contributed by atoms with Gasteiger partial charge in [-0.3, -0.25) is 0 Å². The van der Waals surface area contributed by atoms with Crippen molar-refractivity contribution in [3.05, 3.63) is 42.5 Å². The molecule has 0 aliphatic heterocycles. The third-order valence-electron chi connectivity index (χ3n) is 2.40. The zero-order chi connectivity index (χ0) is 13.0. The summed E-state index contributed by atoms with van der Waals surface area (Å²) in [6.45, 7) is 0. The third kappa shape index (κ3) is 3.86. The van der Waals surface area contributed by atoms with Crippen LogP contribution >= 0.6 is 12.4 Å². The van der Waals surface area contributed by atoms with Crippen LogP contribution in [0.3, 0.4) is 0 Å². The normalized spacial score (nSPS) is 10.2. The number of hydrogen-bond acceptors (Lipinski definition) is 5. The molecule has 0 amide bonds. The maximum Gasteiger partial charge on any atom is 0.119 e. The van der Waals surface area contributed by atoms with Crippen LogP contribution < -0.4 is 16.2 Å². The highest BCUT2D eigenvalue weighted by Crippen LogP contribution is 2.26. The predicted octanol–water partition coefficient (Wildman–Crippen LogP) is 3.70. The maximum atomic E-state index is 5.78. The number of azo groups is 1. The quantitative estimate of drug-likeness (QED) is 0.663. The lowest BCUT2D eigenvalue weighted by Crippen LogP contribution is -1.89. The Morgan fingerprint density at radius 2 is 1.63 bits per heavy atom. The molecule has 6 heteroatoms. The molecule has 4 N–H and O–H groups in total. The van der Waals surface area contributed by atoms with Crippen molar-refractivity contribution in [2.75, 3.05) is 18.6 Å². The lowest BCUT2D eigenvalue weighted by molar-refractivity contribution is 0.415. The minimum atomic E-state index is 0. The summed E-state index contributed by atoms with van der Waals surface area (Å²) < 4.78 is 5.06. The van der Waals surface area contributed by atoms with Gasteiger partial charge in [-0.05, 0) is 42.5 Å². The van der Waals surface area contributed by atoms with Crippen LogP contribution in [0.4, 0.5) is 22.7 Å². The molecule has 0 spiro atoms. The second kappa shape index (κ2) is 6.61. The van der Waals surface area contributed by atoms with Crippen molar-refractivity contribution in [1.29, 1.82) is 0 Å². The first-order chi connectivity index (χ1) is 8.69. The van der Waals surface area contributed by atoms with E-state index in [-0.39, 0.29) is 12.4 Å². The number of nitrogens with zero attached hydrogens (tertiary/aromatic N) is 2. The van der Waals surface area contributed by atoms with Gasteiger partial charge in [0.25, 0.3) is 0 Å². The summed E-state index contributed by atoms with van der Waals surface area (Å²) in [7, 11) is 1.62. The minimum Gasteiger partial charge on any atom is -0.497 e. The van der Waals surface area contributed by atoms with Gasteiger partial charge in [-0.25, -0.2) is 0 Å². The molecule has 2 aromatic carbocycles. The lowest BCUT2D eigenvalue weighted by atomic mass is 10.2. The number of anilines is 2. The van der Waals surface area contributed by atoms with Gasteiger partial charge in [-0.1, -0.05) is 0 Å². The zero-order valence-electron chi connectivity index (χ0n) is 10.4. The van der Waals surface area contributed by atoms with Crippen LogP contribution in [0.25, 0.3) is 0 Å². The molecule has 0 heterocycles. The largest absolute Gasteiger partial charge is 0.497 e. The lowest BCUT2D eigenvalue weighted by Gasteiger charge is -2.00. The molecule has 19 heavy (non-hydrogen) atoms. The first-order valence-corrected chi connectivity index (χ1v) is 5.40. The number of methoxy groups -OCH3 is 1. The van der Waals surface area contributed by atoms with Gasteiger partial charge in [-0.15, -0.1) is 17.5 Å². The molecular formula is C13H15ClN4O. The average Bonchev–Trinajstić information content (AvgIpc) is 2.38. The number of rotatable bonds is 3. The van der Waals surface area contributed by atoms with E-state index in [1.165, 1.54) is 0 Å². The van der Waals surface area contributed by atoms with Gasteiger partial charge in [0.05, 0.1) is 18.5 Å². The molecule has 0 aromatic heterocycles. The monoisotopic (exact) mass is 278 g/mol. The summed E-state index contributed by atoms with van der Waals surface area (Å²) in [6, 6.07) is 12.4. The molecule has 100 valence electrons. The molecule has 0 atom stereocenters. The molecule has 0 bridgehead atoms. The number of nitrogens with two attached hydrogens (primary N) is 2. The Balaban J connectivity index is 0.00000180. The first kappa shape index (κ1) is 14.8. The smallest absolute Gasteiger partial charge is 0.119 e. The molecular weight excluding hydrogens is 264 g/mol. The van der Waals surface area contributed by atoms with Crippen molar-refractivity contribution in [2.45, 2.75) is 0 Å². The van der Waals surface area contributed by atoms with E-state index in [1.54, 1.807) is 25.3 Å². The van der Waals surface area contributed by atoms with Gasteiger partial charge >= 0.3 is 0 Å². The van der Waals surface area contributed by atoms with Gasteiger partial charge in [0, 0.05) is 5.69 Å². The second-order valence-electron chi connectivity index (χ2n) is 3.72. The number of hydrogen-bond donors (Lipinski definition) is 2. The fourth-order valence-corrected chi connectivity index (χ4v) is 1.42. The molecule has 0 radical (unpaired) electrons. The highest BCUT2D eigenvalue weighted by atomic mass is 35.5. The van der Waals surface area contributed by atoms with Crippen molar-refractivity contribution in [1.82, 2.24) is 0 Å². The van der Waals surface area contributed by atoms with Crippen molar-refractivity contribution < 1.29 is 4.74 Å². The molecule has 0 fully saturated rings. The summed E-state index contributed by atoms with van der Waals surface area (Å²) in [4.78, 5) is 0. The summed E-state index contributed by atoms with van der Waals surface area (Å²) >= 11 is 0. The van der Waals surface area contributed by atoms with E-state index in [0.717, 1.165) is 11.4 Å². The second-order valence-corrected chi connectivity index (χ2v) is 3.72. The predicted molar refractivity (Wildman–Crippen MR) is 79.7 cm³/mol. The minimum absolute atomic E-state index is 0. The Labute approximate surface area is 117 Å². The van der Waals surface area contributed by atoms with Crippen LogP contribution in [-0.2, 0) is 0 Å². The number of ether oxygens (including phenoxy) is 1. The molecule has 0 aliphatic rings. The van der Waals surface area contributed by atoms with Crippen LogP contribution in [-0.4, -0.2) is 7.11 Å². The standard InChI is InChI=1S/C13H14N4O.ClH/c1-18-11-5-3-10(4-6-11)16-17-13-7-2-9(14)8-12(13)15;/h2-8H,14-15H2,1H3;1H. The average molecular weight is 279 g/mol. The Kier molecular flexibility index (Phi) is 5.14. The number of benzene rings is 2. The first-order valence-electron chi connectivity index (χ1n) is 5.40. The molecule has 0 unspecified atom stereocenters. The molecule has 0 saturated carbocycles. The fourth-order valence-electron chi connectivity index (χ4n) is 1.42. The van der Waals surface area contributed by atoms with Gasteiger partial charge in [0.2, 0.25) is 0 Å². The van der Waals surface area contributed by atoms with Gasteiger partial charge in [-0.2, -0.15) is 5.11 Å². The molecule has 0 saturated heterocycles. The summed E-state index contributed by atoms with van der Waals surface area (Å²) in [6.07, 6.45) is 0. The summed E-state index contributed by atoms with van der Waals surface area (Å²) in [5, 5.41) is 8.17. The molecule has 0 aliphatic carbocycles. The van der Waals surface area contributed by atoms with Crippen LogP contribution in [0.1, 0.15) is 0 Å². The van der Waals surface area contributed by atoms with E-state index < -0.39 is 0 Å². The van der Waals surface area contributed by atoms with Crippen LogP contribution in [0.2, 0.25) is 0 Å². The summed E-state index contributed by atoms with van der Waals surface area (Å²) in [5.74, 6) is 0.779. The van der Waals surface area contributed by atoms with E-state index >= 15 is 0 Å². The van der Waals surface area contributed by atoms with Gasteiger partial charge in [0.1, 0.15) is 11.4 Å². The molecule has 2 aromatic rings. The van der Waals surface area contributed by atoms with Crippen LogP contribution in [0.15, 0.2) is 52.7 Å². The Hall–Kier alpha value is -2.27. The van der Waals surface area contributed by atoms with E-state index in [4.69, 9.17) is 16.2 Å². The van der Waals surface area contributed by atoms with Crippen LogP contribution in [0, 0.1) is 0 Å². The highest BCUT2D eigenvalue weighted by Gasteiger charge is 1.98. The Morgan fingerprint density at radius 3 is 2.21 bits per heavy atom. The van der Waals surface area contributed by atoms with Crippen LogP contribution in [0.5, 0.6) is 5.75 Å². The molecule has 2 rings (SSSR count). The van der Waals surface area contributed by atoms with E-state index in [9.17, 15) is 0 Å².